The van der Waals surface area contributed by atoms with E-state index in [2.05, 4.69) is 308 Å². The van der Waals surface area contributed by atoms with Gasteiger partial charge >= 0.3 is 0 Å². The van der Waals surface area contributed by atoms with Crippen LogP contribution in [-0.4, -0.2) is 44.9 Å². The molecule has 0 aliphatic heterocycles. The Labute approximate surface area is 694 Å². The van der Waals surface area contributed by atoms with Crippen molar-refractivity contribution in [3.05, 3.63) is 204 Å². The minimum atomic E-state index is 0.469. The normalized spacial score (nSPS) is 10.0. The fraction of sp³-hybridized carbons (Fsp3) is 0.646. The molecule has 0 spiro atoms. The third-order valence-corrected chi connectivity index (χ3v) is 18.2. The second-order valence-corrected chi connectivity index (χ2v) is 31.4. The summed E-state index contributed by atoms with van der Waals surface area (Å²) >= 11 is 3.77. The summed E-state index contributed by atoms with van der Waals surface area (Å²) in [7, 11) is 0. The van der Waals surface area contributed by atoms with Crippen LogP contribution in [0.3, 0.4) is 0 Å². The Bertz CT molecular complexity index is 2580. The summed E-state index contributed by atoms with van der Waals surface area (Å²) < 4.78 is 0. The van der Waals surface area contributed by atoms with Gasteiger partial charge in [-0.3, -0.25) is 24.9 Å². The van der Waals surface area contributed by atoms with Gasteiger partial charge in [-0.05, 0) is 180 Å². The predicted octanol–water partition coefficient (Wildman–Crippen LogP) is 34.4. The number of pyridine rings is 3. The van der Waals surface area contributed by atoms with E-state index in [1.54, 1.807) is 34.8 Å². The molecule has 0 bridgehead atoms. The van der Waals surface area contributed by atoms with Crippen LogP contribution in [0.1, 0.15) is 515 Å². The van der Waals surface area contributed by atoms with Gasteiger partial charge in [-0.15, -0.1) is 22.7 Å². The van der Waals surface area contributed by atoms with Crippen molar-refractivity contribution in [2.45, 2.75) is 427 Å². The van der Waals surface area contributed by atoms with Crippen molar-refractivity contribution in [1.29, 1.82) is 0 Å². The maximum Gasteiger partial charge on any atom is 0.115 e. The van der Waals surface area contributed by atoms with Crippen LogP contribution in [0.2, 0.25) is 0 Å². The lowest BCUT2D eigenvalue weighted by atomic mass is 9.93. The van der Waals surface area contributed by atoms with Crippen LogP contribution in [0.5, 0.6) is 0 Å². The molecule has 0 aliphatic rings. The second kappa shape index (κ2) is 74.5. The molecule has 8 heterocycles. The SMILES string of the molecule is CC.CC.CC.CC.CC.CC.CC.CC.CC(C)c1cccnc1C(C)C.CC(C)c1cccnc1C(C)C.CC(C)c1ccncc1C(C)C.CC(C)c1ccsc1C(C)C.CC(C)c1ccsc1C(C)C.CC(C)c1cncnc1C(C)C.CC(C)c1cncnc1C(C)C.CC(C)c1nccnc1C(C)C. The molecule has 8 rings (SSSR count). The van der Waals surface area contributed by atoms with Crippen molar-refractivity contribution in [2.24, 2.45) is 0 Å². The number of hydrogen-bond donors (Lipinski definition) is 0. The third-order valence-electron chi connectivity index (χ3n) is 15.7. The van der Waals surface area contributed by atoms with Crippen LogP contribution >= 0.6 is 22.7 Å². The Hall–Kier alpha value is -5.91. The number of nitrogens with zero attached hydrogens (tertiary/aromatic N) is 9. The molecule has 0 amide bonds. The van der Waals surface area contributed by atoms with Crippen molar-refractivity contribution in [2.75, 3.05) is 0 Å². The van der Waals surface area contributed by atoms with Crippen LogP contribution in [0.4, 0.5) is 0 Å². The molecule has 0 unspecified atom stereocenters. The van der Waals surface area contributed by atoms with Crippen LogP contribution in [0.25, 0.3) is 0 Å². The van der Waals surface area contributed by atoms with Crippen molar-refractivity contribution < 1.29 is 0 Å². The van der Waals surface area contributed by atoms with Crippen LogP contribution in [0.15, 0.2) is 115 Å². The Kier molecular flexibility index (Phi) is 81.1. The highest BCUT2D eigenvalue weighted by molar-refractivity contribution is 7.10. The largest absolute Gasteiger partial charge is 0.264 e. The van der Waals surface area contributed by atoms with E-state index >= 15 is 0 Å². The molecule has 0 N–H and O–H groups in total. The van der Waals surface area contributed by atoms with Crippen LogP contribution in [0, 0.1) is 0 Å². The Balaban J connectivity index is -0.000000175. The lowest BCUT2D eigenvalue weighted by Crippen LogP contribution is -2.03. The highest BCUT2D eigenvalue weighted by Crippen LogP contribution is 2.33. The first-order valence-electron chi connectivity index (χ1n) is 43.4. The van der Waals surface area contributed by atoms with E-state index in [1.165, 1.54) is 67.3 Å². The molecule has 8 aromatic heterocycles. The number of thiophene rings is 2. The van der Waals surface area contributed by atoms with E-state index < -0.39 is 0 Å². The summed E-state index contributed by atoms with van der Waals surface area (Å²) in [5, 5.41) is 4.40. The molecule has 0 radical (unpaired) electrons. The minimum Gasteiger partial charge on any atom is -0.264 e. The van der Waals surface area contributed by atoms with Gasteiger partial charge in [0, 0.05) is 82.1 Å². The third kappa shape index (κ3) is 50.2. The van der Waals surface area contributed by atoms with Gasteiger partial charge < -0.3 is 0 Å². The highest BCUT2D eigenvalue weighted by atomic mass is 32.1. The fourth-order valence-electron chi connectivity index (χ4n) is 10.6. The monoisotopic (exact) mass is 1560 g/mol. The van der Waals surface area contributed by atoms with Gasteiger partial charge in [-0.25, -0.2) is 19.9 Å². The molecular weight excluding hydrogens is 1380 g/mol. The van der Waals surface area contributed by atoms with Gasteiger partial charge in [0.15, 0.2) is 0 Å². The molecule has 0 atom stereocenters. The summed E-state index contributed by atoms with van der Waals surface area (Å²) in [5.41, 5.74) is 18.3. The summed E-state index contributed by atoms with van der Waals surface area (Å²) in [6.07, 6.45) is 18.2. The molecular formula is C99H179N9S2. The molecule has 0 fully saturated rings. The Morgan fingerprint density at radius 2 is 0.427 bits per heavy atom. The minimum absolute atomic E-state index is 0.469. The van der Waals surface area contributed by atoms with E-state index in [0.717, 1.165) is 11.4 Å². The molecule has 0 aromatic carbocycles. The topological polar surface area (TPSA) is 116 Å². The first-order valence-corrected chi connectivity index (χ1v) is 45.1. The highest BCUT2D eigenvalue weighted by Gasteiger charge is 2.16. The Morgan fingerprint density at radius 1 is 0.191 bits per heavy atom. The fourth-order valence-corrected chi connectivity index (χ4v) is 12.7. The van der Waals surface area contributed by atoms with E-state index in [9.17, 15) is 0 Å². The van der Waals surface area contributed by atoms with Gasteiger partial charge in [0.1, 0.15) is 12.7 Å². The van der Waals surface area contributed by atoms with Gasteiger partial charge in [-0.2, -0.15) is 0 Å². The van der Waals surface area contributed by atoms with Gasteiger partial charge in [0.2, 0.25) is 0 Å². The van der Waals surface area contributed by atoms with Crippen LogP contribution in [-0.2, 0) is 0 Å². The van der Waals surface area contributed by atoms with E-state index in [4.69, 9.17) is 0 Å². The molecule has 0 saturated heterocycles. The lowest BCUT2D eigenvalue weighted by Gasteiger charge is -2.14. The maximum atomic E-state index is 4.40. The van der Waals surface area contributed by atoms with E-state index in [0.29, 0.717) is 94.7 Å². The quantitative estimate of drug-likeness (QED) is 0.0932. The summed E-state index contributed by atoms with van der Waals surface area (Å²) in [4.78, 5) is 41.4. The average Bonchev–Trinajstić information content (AvgIpc) is 1.79. The number of aromatic nitrogens is 9. The molecule has 11 heteroatoms. The van der Waals surface area contributed by atoms with E-state index in [1.807, 2.05) is 183 Å². The smallest absolute Gasteiger partial charge is 0.115 e. The first-order chi connectivity index (χ1) is 52.0. The van der Waals surface area contributed by atoms with E-state index in [-0.39, 0.29) is 0 Å². The number of hydrogen-bond acceptors (Lipinski definition) is 11. The molecule has 110 heavy (non-hydrogen) atoms. The Morgan fingerprint density at radius 3 is 0.627 bits per heavy atom. The molecule has 9 nitrogen and oxygen atoms in total. The predicted molar refractivity (Wildman–Crippen MR) is 504 cm³/mol. The molecule has 8 aromatic rings. The maximum absolute atomic E-state index is 4.40. The summed E-state index contributed by atoms with van der Waals surface area (Å²) in [5.74, 6) is 9.09. The zero-order valence-electron chi connectivity index (χ0n) is 81.0. The van der Waals surface area contributed by atoms with Gasteiger partial charge in [0.25, 0.3) is 0 Å². The molecule has 0 saturated carbocycles. The lowest BCUT2D eigenvalue weighted by molar-refractivity contribution is 0.726. The molecule has 0 aliphatic carbocycles. The van der Waals surface area contributed by atoms with Gasteiger partial charge in [-0.1, -0.05) is 344 Å². The van der Waals surface area contributed by atoms with Crippen molar-refractivity contribution in [3.63, 3.8) is 0 Å². The van der Waals surface area contributed by atoms with Crippen molar-refractivity contribution >= 4 is 22.7 Å². The van der Waals surface area contributed by atoms with Crippen molar-refractivity contribution in [3.8, 4) is 0 Å². The second-order valence-electron chi connectivity index (χ2n) is 29.5. The zero-order chi connectivity index (χ0) is 87.7. The van der Waals surface area contributed by atoms with Crippen molar-refractivity contribution in [1.82, 2.24) is 44.9 Å². The van der Waals surface area contributed by atoms with Crippen LogP contribution < -0.4 is 0 Å². The number of rotatable bonds is 16. The van der Waals surface area contributed by atoms with Gasteiger partial charge in [0.05, 0.1) is 11.4 Å². The summed E-state index contributed by atoms with van der Waals surface area (Å²) in [6, 6.07) is 15.0. The first kappa shape index (κ1) is 120. The standard InChI is InChI=1S/3C11H17N.3C10H16N2.2C10H16S.8C2H6/c1-8(2)10-5-6-12-7-11(10)9(3)4;2*1-8(2)10-6-5-7-12-11(10)9(3)4;2*1-7(2)9-5-11-6-12-10(9)8(3)4;1-7(2)9-10(8(3)4)12-6-5-11-9;2*1-7(2)9-5-6-11-10(9)8(3)4;8*1-2/h3*5-9H,1-4H3;3*5-8H,1-4H3;2*5-8H,1-4H3;8*1-2H3. The average molecular weight is 1560 g/mol. The molecule has 632 valence electrons. The zero-order valence-corrected chi connectivity index (χ0v) is 82.7. The summed E-state index contributed by atoms with van der Waals surface area (Å²) in [6.45, 7) is 102.